The number of aryl methyl sites for hydroxylation is 1. The highest BCUT2D eigenvalue weighted by Crippen LogP contribution is 2.27. The van der Waals surface area contributed by atoms with Crippen LogP contribution in [0.5, 0.6) is 0 Å². The fourth-order valence-electron chi connectivity index (χ4n) is 1.73. The van der Waals surface area contributed by atoms with E-state index in [0.29, 0.717) is 18.9 Å². The third-order valence-corrected chi connectivity index (χ3v) is 3.93. The van der Waals surface area contributed by atoms with Crippen LogP contribution in [-0.2, 0) is 15.9 Å². The molecule has 0 aliphatic carbocycles. The molecule has 0 saturated carbocycles. The maximum Gasteiger partial charge on any atom is 0.357 e. The van der Waals surface area contributed by atoms with Crippen molar-refractivity contribution in [3.8, 4) is 0 Å². The molecule has 6 heteroatoms. The van der Waals surface area contributed by atoms with Crippen molar-refractivity contribution in [2.45, 2.75) is 13.3 Å². The highest BCUT2D eigenvalue weighted by Gasteiger charge is 2.21. The summed E-state index contributed by atoms with van der Waals surface area (Å²) in [7, 11) is 1.38. The fraction of sp³-hybridized carbons (Fsp3) is 0.636. The number of ether oxygens (including phenoxy) is 2. The van der Waals surface area contributed by atoms with E-state index < -0.39 is 0 Å². The van der Waals surface area contributed by atoms with Crippen molar-refractivity contribution in [2.24, 2.45) is 0 Å². The van der Waals surface area contributed by atoms with E-state index in [9.17, 15) is 4.79 Å². The summed E-state index contributed by atoms with van der Waals surface area (Å²) in [6.07, 6.45) is 0.798. The Bertz CT molecular complexity index is 399. The second-order valence-electron chi connectivity index (χ2n) is 3.71. The van der Waals surface area contributed by atoms with Crippen LogP contribution in [0.25, 0.3) is 0 Å². The standard InChI is InChI=1S/C11H16N2O3S/c1-3-8-9(10(14)15-2)12-11(17-8)13-4-6-16-7-5-13/h3-7H2,1-2H3. The Morgan fingerprint density at radius 2 is 2.24 bits per heavy atom. The monoisotopic (exact) mass is 256 g/mol. The maximum atomic E-state index is 11.6. The maximum absolute atomic E-state index is 11.6. The second kappa shape index (κ2) is 5.46. The quantitative estimate of drug-likeness (QED) is 0.764. The zero-order valence-corrected chi connectivity index (χ0v) is 10.9. The number of carbonyl (C=O) groups excluding carboxylic acids is 1. The molecule has 1 aliphatic rings. The van der Waals surface area contributed by atoms with Gasteiger partial charge in [0.25, 0.3) is 0 Å². The van der Waals surface area contributed by atoms with Gasteiger partial charge in [0.15, 0.2) is 10.8 Å². The van der Waals surface area contributed by atoms with Crippen LogP contribution in [-0.4, -0.2) is 44.4 Å². The minimum Gasteiger partial charge on any atom is -0.464 e. The molecule has 1 aliphatic heterocycles. The summed E-state index contributed by atoms with van der Waals surface area (Å²) in [6.45, 7) is 5.11. The lowest BCUT2D eigenvalue weighted by Crippen LogP contribution is -2.36. The molecule has 2 rings (SSSR count). The lowest BCUT2D eigenvalue weighted by Gasteiger charge is -2.25. The third kappa shape index (κ3) is 2.58. The minimum absolute atomic E-state index is 0.349. The first kappa shape index (κ1) is 12.3. The van der Waals surface area contributed by atoms with Crippen LogP contribution in [0, 0.1) is 0 Å². The van der Waals surface area contributed by atoms with Gasteiger partial charge in [0, 0.05) is 18.0 Å². The molecule has 2 heterocycles. The first-order valence-electron chi connectivity index (χ1n) is 5.67. The molecule has 17 heavy (non-hydrogen) atoms. The Balaban J connectivity index is 2.23. The highest BCUT2D eigenvalue weighted by atomic mass is 32.1. The Morgan fingerprint density at radius 1 is 1.53 bits per heavy atom. The number of anilines is 1. The number of thiazole rings is 1. The van der Waals surface area contributed by atoms with E-state index in [1.54, 1.807) is 11.3 Å². The molecule has 94 valence electrons. The highest BCUT2D eigenvalue weighted by molar-refractivity contribution is 7.15. The van der Waals surface area contributed by atoms with E-state index in [-0.39, 0.29) is 5.97 Å². The molecular formula is C11H16N2O3S. The molecule has 5 nitrogen and oxygen atoms in total. The molecule has 0 unspecified atom stereocenters. The normalized spacial score (nSPS) is 16.0. The van der Waals surface area contributed by atoms with Gasteiger partial charge in [-0.15, -0.1) is 11.3 Å². The lowest BCUT2D eigenvalue weighted by atomic mass is 10.3. The third-order valence-electron chi connectivity index (χ3n) is 2.67. The predicted octanol–water partition coefficient (Wildman–Crippen LogP) is 1.33. The summed E-state index contributed by atoms with van der Waals surface area (Å²) in [5.41, 5.74) is 0.460. The summed E-state index contributed by atoms with van der Waals surface area (Å²) in [4.78, 5) is 19.1. The van der Waals surface area contributed by atoms with E-state index in [2.05, 4.69) is 9.88 Å². The van der Waals surface area contributed by atoms with E-state index in [1.807, 2.05) is 6.92 Å². The van der Waals surface area contributed by atoms with Gasteiger partial charge in [0.2, 0.25) is 0 Å². The molecule has 0 radical (unpaired) electrons. The van der Waals surface area contributed by atoms with E-state index >= 15 is 0 Å². The summed E-state index contributed by atoms with van der Waals surface area (Å²) in [5.74, 6) is -0.349. The van der Waals surface area contributed by atoms with Crippen molar-refractivity contribution >= 4 is 22.4 Å². The first-order valence-corrected chi connectivity index (χ1v) is 6.48. The number of carbonyl (C=O) groups is 1. The zero-order valence-electron chi connectivity index (χ0n) is 10.1. The Hall–Kier alpha value is -1.14. The number of hydrogen-bond donors (Lipinski definition) is 0. The minimum atomic E-state index is -0.349. The number of morpholine rings is 1. The zero-order chi connectivity index (χ0) is 12.3. The van der Waals surface area contributed by atoms with Gasteiger partial charge >= 0.3 is 5.97 Å². The molecule has 1 aromatic heterocycles. The van der Waals surface area contributed by atoms with Gasteiger partial charge in [0.1, 0.15) is 0 Å². The van der Waals surface area contributed by atoms with Crippen LogP contribution in [0.1, 0.15) is 22.3 Å². The van der Waals surface area contributed by atoms with Crippen LogP contribution in [0.2, 0.25) is 0 Å². The summed E-state index contributed by atoms with van der Waals surface area (Å²) in [6, 6.07) is 0. The largest absolute Gasteiger partial charge is 0.464 e. The van der Waals surface area contributed by atoms with E-state index in [0.717, 1.165) is 29.5 Å². The van der Waals surface area contributed by atoms with Crippen LogP contribution >= 0.6 is 11.3 Å². The van der Waals surface area contributed by atoms with Gasteiger partial charge in [-0.25, -0.2) is 9.78 Å². The van der Waals surface area contributed by atoms with Gasteiger partial charge < -0.3 is 14.4 Å². The summed E-state index contributed by atoms with van der Waals surface area (Å²) in [5, 5.41) is 0.894. The number of aromatic nitrogens is 1. The fourth-order valence-corrected chi connectivity index (χ4v) is 2.76. The lowest BCUT2D eigenvalue weighted by molar-refractivity contribution is 0.0594. The van der Waals surface area contributed by atoms with Crippen LogP contribution in [0.15, 0.2) is 0 Å². The summed E-state index contributed by atoms with van der Waals surface area (Å²) >= 11 is 1.57. The Morgan fingerprint density at radius 3 is 2.82 bits per heavy atom. The summed E-state index contributed by atoms with van der Waals surface area (Å²) < 4.78 is 10.0. The Kier molecular flexibility index (Phi) is 3.96. The smallest absolute Gasteiger partial charge is 0.357 e. The molecule has 1 saturated heterocycles. The van der Waals surface area contributed by atoms with Gasteiger partial charge in [0.05, 0.1) is 20.3 Å². The molecule has 1 aromatic rings. The van der Waals surface area contributed by atoms with Gasteiger partial charge in [-0.3, -0.25) is 0 Å². The van der Waals surface area contributed by atoms with E-state index in [1.165, 1.54) is 7.11 Å². The van der Waals surface area contributed by atoms with Gasteiger partial charge in [-0.1, -0.05) is 6.92 Å². The molecule has 0 spiro atoms. The van der Waals surface area contributed by atoms with Crippen molar-refractivity contribution in [3.63, 3.8) is 0 Å². The van der Waals surface area contributed by atoms with Crippen molar-refractivity contribution in [2.75, 3.05) is 38.3 Å². The van der Waals surface area contributed by atoms with Gasteiger partial charge in [-0.05, 0) is 6.42 Å². The second-order valence-corrected chi connectivity index (χ2v) is 4.77. The van der Waals surface area contributed by atoms with Crippen LogP contribution < -0.4 is 4.90 Å². The van der Waals surface area contributed by atoms with Crippen molar-refractivity contribution < 1.29 is 14.3 Å². The topological polar surface area (TPSA) is 51.7 Å². The Labute approximate surface area is 104 Å². The van der Waals surface area contributed by atoms with Gasteiger partial charge in [-0.2, -0.15) is 0 Å². The molecule has 0 N–H and O–H groups in total. The van der Waals surface area contributed by atoms with Crippen LogP contribution in [0.3, 0.4) is 0 Å². The molecule has 0 aromatic carbocycles. The van der Waals surface area contributed by atoms with Crippen molar-refractivity contribution in [1.29, 1.82) is 0 Å². The average Bonchev–Trinajstić information content (AvgIpc) is 2.83. The molecule has 1 fully saturated rings. The number of methoxy groups -OCH3 is 1. The molecule has 0 amide bonds. The first-order chi connectivity index (χ1) is 8.26. The average molecular weight is 256 g/mol. The molecule has 0 atom stereocenters. The number of esters is 1. The van der Waals surface area contributed by atoms with E-state index in [4.69, 9.17) is 9.47 Å². The SMILES string of the molecule is CCc1sc(N2CCOCC2)nc1C(=O)OC. The number of hydrogen-bond acceptors (Lipinski definition) is 6. The molecule has 0 bridgehead atoms. The van der Waals surface area contributed by atoms with Crippen molar-refractivity contribution in [1.82, 2.24) is 4.98 Å². The van der Waals surface area contributed by atoms with Crippen molar-refractivity contribution in [3.05, 3.63) is 10.6 Å². The van der Waals surface area contributed by atoms with Crippen LogP contribution in [0.4, 0.5) is 5.13 Å². The predicted molar refractivity (Wildman–Crippen MR) is 65.9 cm³/mol. The molecular weight excluding hydrogens is 240 g/mol. The number of rotatable bonds is 3. The number of nitrogens with zero attached hydrogens (tertiary/aromatic N) is 2.